The van der Waals surface area contributed by atoms with Gasteiger partial charge < -0.3 is 11.1 Å². The molecule has 0 aromatic heterocycles. The van der Waals surface area contributed by atoms with Crippen LogP contribution < -0.4 is 11.1 Å². The zero-order valence-electron chi connectivity index (χ0n) is 8.46. The summed E-state index contributed by atoms with van der Waals surface area (Å²) in [7, 11) is 0. The first-order valence-corrected chi connectivity index (χ1v) is 5.28. The number of rotatable bonds is 2. The Balaban J connectivity index is 2.14. The molecule has 1 amide bonds. The number of carbonyl (C=O) groups excluding carboxylic acids is 1. The molecule has 0 bridgehead atoms. The number of carbonyl (C=O) groups is 1. The van der Waals surface area contributed by atoms with Crippen molar-refractivity contribution in [2.45, 2.75) is 25.4 Å². The van der Waals surface area contributed by atoms with Crippen LogP contribution in [0.3, 0.4) is 0 Å². The van der Waals surface area contributed by atoms with E-state index in [9.17, 15) is 4.79 Å². The monoisotopic (exact) mass is 224 g/mol. The molecule has 2 unspecified atom stereocenters. The van der Waals surface area contributed by atoms with E-state index in [0.717, 1.165) is 12.0 Å². The molecule has 0 spiro atoms. The molecule has 1 aromatic rings. The molecule has 1 saturated carbocycles. The van der Waals surface area contributed by atoms with Crippen molar-refractivity contribution in [1.29, 1.82) is 0 Å². The Morgan fingerprint density at radius 1 is 1.60 bits per heavy atom. The summed E-state index contributed by atoms with van der Waals surface area (Å²) < 4.78 is 0. The summed E-state index contributed by atoms with van der Waals surface area (Å²) in [6.45, 7) is 1.89. The van der Waals surface area contributed by atoms with Gasteiger partial charge >= 0.3 is 0 Å². The quantitative estimate of drug-likeness (QED) is 0.800. The first-order valence-electron chi connectivity index (χ1n) is 4.90. The average molecular weight is 225 g/mol. The molecule has 1 aliphatic rings. The number of benzene rings is 1. The molecule has 15 heavy (non-hydrogen) atoms. The minimum Gasteiger partial charge on any atom is -0.348 e. The van der Waals surface area contributed by atoms with Gasteiger partial charge in [0.25, 0.3) is 5.91 Å². The molecule has 0 aliphatic heterocycles. The minimum atomic E-state index is -0.0899. The summed E-state index contributed by atoms with van der Waals surface area (Å²) in [6.07, 6.45) is 0.866. The van der Waals surface area contributed by atoms with E-state index in [1.807, 2.05) is 13.0 Å². The lowest BCUT2D eigenvalue weighted by Crippen LogP contribution is -2.30. The SMILES string of the molecule is Cc1ccc(Cl)cc1C(=O)NC1CC1N. The van der Waals surface area contributed by atoms with Crippen LogP contribution in [0.2, 0.25) is 5.02 Å². The van der Waals surface area contributed by atoms with Crippen molar-refractivity contribution in [2.24, 2.45) is 5.73 Å². The molecule has 1 aromatic carbocycles. The van der Waals surface area contributed by atoms with Crippen LogP contribution >= 0.6 is 11.6 Å². The third-order valence-corrected chi connectivity index (χ3v) is 2.84. The maximum atomic E-state index is 11.8. The summed E-state index contributed by atoms with van der Waals surface area (Å²) in [5.41, 5.74) is 7.17. The maximum absolute atomic E-state index is 11.8. The maximum Gasteiger partial charge on any atom is 0.251 e. The number of nitrogens with two attached hydrogens (primary N) is 1. The highest BCUT2D eigenvalue weighted by atomic mass is 35.5. The van der Waals surface area contributed by atoms with Crippen LogP contribution in [0.25, 0.3) is 0 Å². The fraction of sp³-hybridized carbons (Fsp3) is 0.364. The highest BCUT2D eigenvalue weighted by Crippen LogP contribution is 2.20. The van der Waals surface area contributed by atoms with Crippen LogP contribution in [-0.4, -0.2) is 18.0 Å². The second kappa shape index (κ2) is 3.83. The van der Waals surface area contributed by atoms with Gasteiger partial charge in [-0.2, -0.15) is 0 Å². The fourth-order valence-electron chi connectivity index (χ4n) is 1.47. The predicted octanol–water partition coefficient (Wildman–Crippen LogP) is 1.48. The number of halogens is 1. The summed E-state index contributed by atoms with van der Waals surface area (Å²) in [4.78, 5) is 11.8. The van der Waals surface area contributed by atoms with Gasteiger partial charge in [0.15, 0.2) is 0 Å². The lowest BCUT2D eigenvalue weighted by atomic mass is 10.1. The highest BCUT2D eigenvalue weighted by Gasteiger charge is 2.35. The van der Waals surface area contributed by atoms with Crippen LogP contribution in [0.15, 0.2) is 18.2 Å². The summed E-state index contributed by atoms with van der Waals surface area (Å²) >= 11 is 5.84. The molecule has 0 saturated heterocycles. The van der Waals surface area contributed by atoms with Gasteiger partial charge in [-0.05, 0) is 31.0 Å². The summed E-state index contributed by atoms with van der Waals surface area (Å²) in [5, 5.41) is 3.44. The van der Waals surface area contributed by atoms with Crippen LogP contribution in [-0.2, 0) is 0 Å². The van der Waals surface area contributed by atoms with Gasteiger partial charge in [0, 0.05) is 22.7 Å². The lowest BCUT2D eigenvalue weighted by molar-refractivity contribution is 0.0949. The molecule has 80 valence electrons. The highest BCUT2D eigenvalue weighted by molar-refractivity contribution is 6.31. The smallest absolute Gasteiger partial charge is 0.251 e. The van der Waals surface area contributed by atoms with E-state index in [1.54, 1.807) is 12.1 Å². The van der Waals surface area contributed by atoms with Crippen LogP contribution in [0.1, 0.15) is 22.3 Å². The molecule has 2 atom stereocenters. The number of hydrogen-bond donors (Lipinski definition) is 2. The zero-order valence-corrected chi connectivity index (χ0v) is 9.21. The van der Waals surface area contributed by atoms with Crippen molar-refractivity contribution >= 4 is 17.5 Å². The van der Waals surface area contributed by atoms with Crippen LogP contribution in [0.4, 0.5) is 0 Å². The fourth-order valence-corrected chi connectivity index (χ4v) is 1.64. The largest absolute Gasteiger partial charge is 0.348 e. The topological polar surface area (TPSA) is 55.1 Å². The van der Waals surface area contributed by atoms with Crippen LogP contribution in [0.5, 0.6) is 0 Å². The van der Waals surface area contributed by atoms with E-state index in [4.69, 9.17) is 17.3 Å². The Kier molecular flexibility index (Phi) is 2.67. The lowest BCUT2D eigenvalue weighted by Gasteiger charge is -2.07. The second-order valence-corrected chi connectivity index (χ2v) is 4.38. The molecule has 1 fully saturated rings. The number of hydrogen-bond acceptors (Lipinski definition) is 2. The normalized spacial score (nSPS) is 23.7. The Hall–Kier alpha value is -1.06. The molecule has 4 heteroatoms. The van der Waals surface area contributed by atoms with E-state index >= 15 is 0 Å². The Bertz CT molecular complexity index is 406. The van der Waals surface area contributed by atoms with E-state index in [1.165, 1.54) is 0 Å². The molecule has 3 N–H and O–H groups in total. The van der Waals surface area contributed by atoms with Crippen molar-refractivity contribution in [3.05, 3.63) is 34.3 Å². The first kappa shape index (κ1) is 10.5. The Labute approximate surface area is 93.6 Å². The molecule has 2 rings (SSSR count). The molecular weight excluding hydrogens is 212 g/mol. The number of amides is 1. The minimum absolute atomic E-state index is 0.0899. The van der Waals surface area contributed by atoms with E-state index < -0.39 is 0 Å². The van der Waals surface area contributed by atoms with E-state index in [-0.39, 0.29) is 18.0 Å². The Morgan fingerprint density at radius 3 is 2.87 bits per heavy atom. The van der Waals surface area contributed by atoms with Gasteiger partial charge in [-0.15, -0.1) is 0 Å². The average Bonchev–Trinajstić information content (AvgIpc) is 2.86. The summed E-state index contributed by atoms with van der Waals surface area (Å²) in [6, 6.07) is 5.55. The standard InChI is InChI=1S/C11H13ClN2O/c1-6-2-3-7(12)4-8(6)11(15)14-10-5-9(10)13/h2-4,9-10H,5,13H2,1H3,(H,14,15). The second-order valence-electron chi connectivity index (χ2n) is 3.94. The first-order chi connectivity index (χ1) is 7.08. The third kappa shape index (κ3) is 2.30. The number of nitrogens with one attached hydrogen (secondary N) is 1. The molecule has 0 radical (unpaired) electrons. The molecular formula is C11H13ClN2O. The predicted molar refractivity (Wildman–Crippen MR) is 60.0 cm³/mol. The van der Waals surface area contributed by atoms with Gasteiger partial charge in [-0.25, -0.2) is 0 Å². The molecule has 1 aliphatic carbocycles. The molecule has 3 nitrogen and oxygen atoms in total. The van der Waals surface area contributed by atoms with Crippen molar-refractivity contribution in [1.82, 2.24) is 5.32 Å². The van der Waals surface area contributed by atoms with Crippen LogP contribution in [0, 0.1) is 6.92 Å². The van der Waals surface area contributed by atoms with Crippen molar-refractivity contribution in [2.75, 3.05) is 0 Å². The summed E-state index contributed by atoms with van der Waals surface area (Å²) in [5.74, 6) is -0.0899. The van der Waals surface area contributed by atoms with Gasteiger partial charge in [0.05, 0.1) is 0 Å². The van der Waals surface area contributed by atoms with E-state index in [0.29, 0.717) is 10.6 Å². The number of aryl methyl sites for hydroxylation is 1. The van der Waals surface area contributed by atoms with Crippen molar-refractivity contribution < 1.29 is 4.79 Å². The van der Waals surface area contributed by atoms with Gasteiger partial charge in [-0.3, -0.25) is 4.79 Å². The molecule has 0 heterocycles. The van der Waals surface area contributed by atoms with Gasteiger partial charge in [0.2, 0.25) is 0 Å². The van der Waals surface area contributed by atoms with Crippen molar-refractivity contribution in [3.8, 4) is 0 Å². The van der Waals surface area contributed by atoms with Gasteiger partial charge in [-0.1, -0.05) is 17.7 Å². The Morgan fingerprint density at radius 2 is 2.27 bits per heavy atom. The third-order valence-electron chi connectivity index (χ3n) is 2.60. The van der Waals surface area contributed by atoms with E-state index in [2.05, 4.69) is 5.32 Å². The van der Waals surface area contributed by atoms with Crippen molar-refractivity contribution in [3.63, 3.8) is 0 Å². The van der Waals surface area contributed by atoms with Gasteiger partial charge in [0.1, 0.15) is 0 Å². The zero-order chi connectivity index (χ0) is 11.0.